The third-order valence-corrected chi connectivity index (χ3v) is 8.97. The van der Waals surface area contributed by atoms with Gasteiger partial charge in [-0.05, 0) is 73.0 Å². The molecular weight excluding hydrogens is 440 g/mol. The SMILES string of the molecule is [2H]C1([2H])C[C@H]2[C@@H]3CC(=C)C4=CC(=O)C=C[C@]4(C)[C@H]3CC[C@]2(C)[C@@]1([2H])O[C@@H]1O[C@H](C(=O)O)[C@@H](O)[C@H](O)[C@H]1O. The molecule has 0 aromatic carbocycles. The standard InChI is InChI=1S/C26H34O8/c1-12-10-14-15-4-5-18(33-24-21(30)19(28)20(29)22(34-24)23(31)32)26(15,3)9-7-16(14)25(2)8-6-13(27)11-17(12)25/h6,8,11,14-16,18-22,24,28-30H,1,4-5,7,9-10H2,2-3H3,(H,31,32)/t14-,15-,16-,18-,19-,20-,21+,22-,24+,25+,26-/m0/s1/i5D2,18D. The van der Waals surface area contributed by atoms with Gasteiger partial charge in [0.2, 0.25) is 0 Å². The molecule has 0 aromatic rings. The van der Waals surface area contributed by atoms with Gasteiger partial charge in [0.05, 0.1) is 7.45 Å². The highest BCUT2D eigenvalue weighted by Crippen LogP contribution is 2.65. The van der Waals surface area contributed by atoms with Gasteiger partial charge in [-0.25, -0.2) is 4.79 Å². The van der Waals surface area contributed by atoms with Gasteiger partial charge < -0.3 is 29.9 Å². The second kappa shape index (κ2) is 8.10. The number of carbonyl (C=O) groups excluding carboxylic acids is 1. The predicted octanol–water partition coefficient (Wildman–Crippen LogP) is 1.74. The van der Waals surface area contributed by atoms with Crippen LogP contribution in [0.5, 0.6) is 0 Å². The summed E-state index contributed by atoms with van der Waals surface area (Å²) in [6, 6.07) is 0. The first-order valence-corrected chi connectivity index (χ1v) is 11.8. The van der Waals surface area contributed by atoms with Crippen molar-refractivity contribution in [2.75, 3.05) is 0 Å². The maximum Gasteiger partial charge on any atom is 0.335 e. The first-order chi connectivity index (χ1) is 17.1. The minimum Gasteiger partial charge on any atom is -0.479 e. The summed E-state index contributed by atoms with van der Waals surface area (Å²) in [5.74, 6) is -1.93. The number of carboxylic acids is 1. The number of aliphatic carboxylic acids is 1. The van der Waals surface area contributed by atoms with Crippen LogP contribution in [0.15, 0.2) is 36.0 Å². The first-order valence-electron chi connectivity index (χ1n) is 13.3. The normalized spacial score (nSPS) is 55.2. The molecule has 0 bridgehead atoms. The molecule has 0 unspecified atom stereocenters. The molecule has 4 N–H and O–H groups in total. The number of ketones is 1. The molecule has 8 nitrogen and oxygen atoms in total. The molecule has 3 saturated carbocycles. The van der Waals surface area contributed by atoms with Gasteiger partial charge in [-0.15, -0.1) is 0 Å². The lowest BCUT2D eigenvalue weighted by atomic mass is 9.47. The summed E-state index contributed by atoms with van der Waals surface area (Å²) in [6.07, 6.45) is -7.19. The molecule has 4 aliphatic carbocycles. The number of hydrogen-bond donors (Lipinski definition) is 4. The number of allylic oxidation sites excluding steroid dienone is 5. The molecule has 0 amide bonds. The predicted molar refractivity (Wildman–Crippen MR) is 120 cm³/mol. The Hall–Kier alpha value is -1.84. The van der Waals surface area contributed by atoms with Gasteiger partial charge >= 0.3 is 5.97 Å². The summed E-state index contributed by atoms with van der Waals surface area (Å²) >= 11 is 0. The van der Waals surface area contributed by atoms with Crippen LogP contribution in [-0.4, -0.2) is 69.0 Å². The molecule has 186 valence electrons. The van der Waals surface area contributed by atoms with E-state index in [1.807, 2.05) is 6.08 Å². The number of aliphatic hydroxyl groups is 3. The zero-order chi connectivity index (χ0) is 27.3. The van der Waals surface area contributed by atoms with Crippen LogP contribution in [0, 0.1) is 28.6 Å². The van der Waals surface area contributed by atoms with Crippen molar-refractivity contribution in [1.29, 1.82) is 0 Å². The molecule has 1 saturated heterocycles. The molecule has 0 radical (unpaired) electrons. The van der Waals surface area contributed by atoms with E-state index < -0.39 is 60.0 Å². The Morgan fingerprint density at radius 3 is 2.68 bits per heavy atom. The fourth-order valence-electron chi connectivity index (χ4n) is 7.03. The van der Waals surface area contributed by atoms with Gasteiger partial charge in [0.25, 0.3) is 0 Å². The summed E-state index contributed by atoms with van der Waals surface area (Å²) in [5, 5.41) is 40.2. The Kier molecular flexibility index (Phi) is 4.85. The Bertz CT molecular complexity index is 1110. The Morgan fingerprint density at radius 2 is 1.97 bits per heavy atom. The minimum atomic E-state index is -2.25. The van der Waals surface area contributed by atoms with Crippen LogP contribution >= 0.6 is 0 Å². The van der Waals surface area contributed by atoms with E-state index in [2.05, 4.69) is 13.5 Å². The summed E-state index contributed by atoms with van der Waals surface area (Å²) in [5.41, 5.74) is 0.243. The van der Waals surface area contributed by atoms with Crippen molar-refractivity contribution in [2.24, 2.45) is 28.6 Å². The van der Waals surface area contributed by atoms with Gasteiger partial charge in [0.15, 0.2) is 18.2 Å². The molecule has 8 heteroatoms. The van der Waals surface area contributed by atoms with E-state index in [-0.39, 0.29) is 30.0 Å². The quantitative estimate of drug-likeness (QED) is 0.483. The van der Waals surface area contributed by atoms with E-state index in [9.17, 15) is 31.4 Å². The number of hydrogen-bond acceptors (Lipinski definition) is 7. The second-order valence-corrected chi connectivity index (χ2v) is 10.8. The Labute approximate surface area is 203 Å². The number of carbonyl (C=O) groups is 2. The van der Waals surface area contributed by atoms with E-state index >= 15 is 0 Å². The first kappa shape index (κ1) is 20.4. The third kappa shape index (κ3) is 3.38. The van der Waals surface area contributed by atoms with E-state index in [0.717, 1.165) is 11.1 Å². The van der Waals surface area contributed by atoms with Crippen LogP contribution in [0.1, 0.15) is 50.0 Å². The van der Waals surface area contributed by atoms with Crippen molar-refractivity contribution in [3.05, 3.63) is 36.0 Å². The van der Waals surface area contributed by atoms with Crippen LogP contribution in [0.4, 0.5) is 0 Å². The largest absolute Gasteiger partial charge is 0.479 e. The van der Waals surface area contributed by atoms with Gasteiger partial charge in [-0.1, -0.05) is 32.1 Å². The maximum absolute atomic E-state index is 12.1. The number of fused-ring (bicyclic) bond motifs is 5. The Morgan fingerprint density at radius 1 is 1.24 bits per heavy atom. The van der Waals surface area contributed by atoms with Crippen molar-refractivity contribution in [2.45, 2.75) is 82.7 Å². The van der Waals surface area contributed by atoms with Crippen molar-refractivity contribution >= 4 is 11.8 Å². The van der Waals surface area contributed by atoms with Crippen molar-refractivity contribution in [3.63, 3.8) is 0 Å². The molecule has 11 atom stereocenters. The summed E-state index contributed by atoms with van der Waals surface area (Å²) in [4.78, 5) is 23.7. The van der Waals surface area contributed by atoms with Gasteiger partial charge in [0.1, 0.15) is 18.3 Å². The van der Waals surface area contributed by atoms with Gasteiger partial charge in [-0.3, -0.25) is 4.79 Å². The number of ether oxygens (including phenoxy) is 2. The van der Waals surface area contributed by atoms with Gasteiger partial charge in [0, 0.05) is 8.16 Å². The van der Waals surface area contributed by atoms with E-state index in [1.165, 1.54) is 0 Å². The number of aliphatic hydroxyl groups excluding tert-OH is 3. The average Bonchev–Trinajstić information content (AvgIpc) is 2.97. The second-order valence-electron chi connectivity index (χ2n) is 10.8. The molecule has 1 heterocycles. The van der Waals surface area contributed by atoms with E-state index in [0.29, 0.717) is 19.3 Å². The highest BCUT2D eigenvalue weighted by Gasteiger charge is 2.60. The topological polar surface area (TPSA) is 134 Å². The fraction of sp³-hybridized carbons (Fsp3) is 0.692. The number of rotatable bonds is 3. The lowest BCUT2D eigenvalue weighted by Crippen LogP contribution is -2.61. The zero-order valence-electron chi connectivity index (χ0n) is 22.3. The van der Waals surface area contributed by atoms with Crippen molar-refractivity contribution < 1.29 is 43.6 Å². The van der Waals surface area contributed by atoms with E-state index in [1.54, 1.807) is 19.1 Å². The highest BCUT2D eigenvalue weighted by molar-refractivity contribution is 6.01. The van der Waals surface area contributed by atoms with Crippen LogP contribution < -0.4 is 0 Å². The molecular formula is C26H34O8. The summed E-state index contributed by atoms with van der Waals surface area (Å²) < 4.78 is 38.3. The molecule has 5 rings (SSSR count). The van der Waals surface area contributed by atoms with Gasteiger partial charge in [-0.2, -0.15) is 0 Å². The monoisotopic (exact) mass is 477 g/mol. The van der Waals surface area contributed by atoms with Crippen molar-refractivity contribution in [1.82, 2.24) is 0 Å². The Balaban J connectivity index is 1.49. The highest BCUT2D eigenvalue weighted by atomic mass is 16.7. The average molecular weight is 478 g/mol. The summed E-state index contributed by atoms with van der Waals surface area (Å²) in [6.45, 7) is 8.10. The fourth-order valence-corrected chi connectivity index (χ4v) is 7.03. The lowest BCUT2D eigenvalue weighted by molar-refractivity contribution is -0.312. The van der Waals surface area contributed by atoms with E-state index in [4.69, 9.17) is 12.2 Å². The zero-order valence-corrected chi connectivity index (χ0v) is 19.3. The van der Waals surface area contributed by atoms with Crippen LogP contribution in [-0.2, 0) is 19.1 Å². The summed E-state index contributed by atoms with van der Waals surface area (Å²) in [7, 11) is 0. The molecule has 0 aromatic heterocycles. The van der Waals surface area contributed by atoms with Crippen LogP contribution in [0.2, 0.25) is 0 Å². The molecule has 0 spiro atoms. The molecule has 34 heavy (non-hydrogen) atoms. The van der Waals surface area contributed by atoms with Crippen LogP contribution in [0.3, 0.4) is 0 Å². The lowest BCUT2D eigenvalue weighted by Gasteiger charge is -2.57. The smallest absolute Gasteiger partial charge is 0.335 e. The number of carboxylic acid groups (broad SMARTS) is 1. The molecule has 4 fully saturated rings. The minimum absolute atomic E-state index is 0.00439. The molecule has 1 aliphatic heterocycles. The van der Waals surface area contributed by atoms with Crippen molar-refractivity contribution in [3.8, 4) is 0 Å². The third-order valence-electron chi connectivity index (χ3n) is 8.97. The van der Waals surface area contributed by atoms with Crippen LogP contribution in [0.25, 0.3) is 0 Å². The molecule has 5 aliphatic rings. The maximum atomic E-state index is 12.1.